The van der Waals surface area contributed by atoms with Crippen molar-refractivity contribution in [2.24, 2.45) is 5.73 Å². The fourth-order valence-electron chi connectivity index (χ4n) is 2.93. The Morgan fingerprint density at radius 2 is 1.33 bits per heavy atom. The second-order valence-corrected chi connectivity index (χ2v) is 7.86. The van der Waals surface area contributed by atoms with Gasteiger partial charge in [0.25, 0.3) is 0 Å². The molecule has 198 valence electrons. The SMILES string of the molecule is CC(O)C(NC(=O)C(Cc1ccc(O)cc1)NC(=O)C(N)CC(=O)O)C(=O)NC(CC(=O)O)C(=O)O. The highest BCUT2D eigenvalue weighted by molar-refractivity contribution is 5.95. The van der Waals surface area contributed by atoms with Gasteiger partial charge in [-0.3, -0.25) is 24.0 Å². The van der Waals surface area contributed by atoms with Crippen molar-refractivity contribution in [2.45, 2.75) is 56.5 Å². The number of aliphatic carboxylic acids is 3. The number of hydrogen-bond donors (Lipinski definition) is 9. The van der Waals surface area contributed by atoms with Gasteiger partial charge >= 0.3 is 17.9 Å². The minimum absolute atomic E-state index is 0.0764. The van der Waals surface area contributed by atoms with Crippen molar-refractivity contribution in [3.8, 4) is 5.75 Å². The molecule has 3 amide bonds. The van der Waals surface area contributed by atoms with Crippen LogP contribution in [0.2, 0.25) is 0 Å². The molecule has 36 heavy (non-hydrogen) atoms. The predicted octanol–water partition coefficient (Wildman–Crippen LogP) is -2.87. The number of aliphatic hydroxyl groups is 1. The molecule has 0 bridgehead atoms. The Morgan fingerprint density at radius 1 is 0.806 bits per heavy atom. The summed E-state index contributed by atoms with van der Waals surface area (Å²) in [5, 5.41) is 52.5. The number of aliphatic hydroxyl groups excluding tert-OH is 1. The second kappa shape index (κ2) is 13.6. The van der Waals surface area contributed by atoms with Gasteiger partial charge in [0.2, 0.25) is 17.7 Å². The first kappa shape index (κ1) is 29.8. The fourth-order valence-corrected chi connectivity index (χ4v) is 2.93. The van der Waals surface area contributed by atoms with Crippen LogP contribution < -0.4 is 21.7 Å². The van der Waals surface area contributed by atoms with E-state index in [0.29, 0.717) is 5.56 Å². The number of carbonyl (C=O) groups is 6. The normalized spacial score (nSPS) is 14.9. The van der Waals surface area contributed by atoms with Gasteiger partial charge in [-0.1, -0.05) is 12.1 Å². The van der Waals surface area contributed by atoms with E-state index in [0.717, 1.165) is 6.92 Å². The van der Waals surface area contributed by atoms with E-state index < -0.39 is 78.7 Å². The number of amides is 3. The van der Waals surface area contributed by atoms with Crippen molar-refractivity contribution in [1.29, 1.82) is 0 Å². The minimum Gasteiger partial charge on any atom is -0.508 e. The summed E-state index contributed by atoms with van der Waals surface area (Å²) in [4.78, 5) is 70.8. The van der Waals surface area contributed by atoms with Crippen LogP contribution in [-0.2, 0) is 35.2 Å². The first-order valence-corrected chi connectivity index (χ1v) is 10.5. The lowest BCUT2D eigenvalue weighted by molar-refractivity contribution is -0.148. The van der Waals surface area contributed by atoms with Crippen LogP contribution in [0, 0.1) is 0 Å². The van der Waals surface area contributed by atoms with Crippen molar-refractivity contribution in [3.05, 3.63) is 29.8 Å². The Labute approximate surface area is 204 Å². The maximum absolute atomic E-state index is 13.0. The summed E-state index contributed by atoms with van der Waals surface area (Å²) < 4.78 is 0. The molecular weight excluding hydrogens is 484 g/mol. The number of nitrogens with two attached hydrogens (primary N) is 1. The van der Waals surface area contributed by atoms with Gasteiger partial charge in [0.1, 0.15) is 23.9 Å². The molecule has 0 saturated heterocycles. The van der Waals surface area contributed by atoms with Crippen molar-refractivity contribution in [3.63, 3.8) is 0 Å². The number of rotatable bonds is 14. The number of carboxylic acids is 3. The monoisotopic (exact) mass is 512 g/mol. The Bertz CT molecular complexity index is 981. The van der Waals surface area contributed by atoms with Crippen LogP contribution >= 0.6 is 0 Å². The van der Waals surface area contributed by atoms with Crippen molar-refractivity contribution >= 4 is 35.6 Å². The third kappa shape index (κ3) is 9.94. The molecule has 0 radical (unpaired) electrons. The van der Waals surface area contributed by atoms with E-state index in [1.807, 2.05) is 5.32 Å². The fraction of sp³-hybridized carbons (Fsp3) is 0.429. The number of nitrogens with one attached hydrogen (secondary N) is 3. The number of carbonyl (C=O) groups excluding carboxylic acids is 3. The Kier molecular flexibility index (Phi) is 11.3. The molecule has 15 nitrogen and oxygen atoms in total. The van der Waals surface area contributed by atoms with Crippen molar-refractivity contribution in [1.82, 2.24) is 16.0 Å². The summed E-state index contributed by atoms with van der Waals surface area (Å²) in [5.74, 6) is -7.85. The number of phenolic OH excluding ortho intramolecular Hbond substituents is 1. The third-order valence-electron chi connectivity index (χ3n) is 4.80. The molecule has 0 spiro atoms. The lowest BCUT2D eigenvalue weighted by Gasteiger charge is -2.26. The van der Waals surface area contributed by atoms with E-state index >= 15 is 0 Å². The maximum Gasteiger partial charge on any atom is 0.326 e. The second-order valence-electron chi connectivity index (χ2n) is 7.86. The number of aromatic hydroxyl groups is 1. The zero-order valence-electron chi connectivity index (χ0n) is 19.1. The average molecular weight is 512 g/mol. The molecule has 1 rings (SSSR count). The highest BCUT2D eigenvalue weighted by atomic mass is 16.4. The van der Waals surface area contributed by atoms with E-state index in [9.17, 15) is 39.0 Å². The van der Waals surface area contributed by atoms with Gasteiger partial charge in [-0.2, -0.15) is 0 Å². The zero-order chi connectivity index (χ0) is 27.6. The summed E-state index contributed by atoms with van der Waals surface area (Å²) in [6.45, 7) is 1.10. The van der Waals surface area contributed by atoms with Crippen molar-refractivity contribution < 1.29 is 54.3 Å². The average Bonchev–Trinajstić information content (AvgIpc) is 2.76. The minimum atomic E-state index is -1.85. The molecule has 0 aliphatic carbocycles. The molecule has 1 aromatic rings. The maximum atomic E-state index is 13.0. The lowest BCUT2D eigenvalue weighted by Crippen LogP contribution is -2.60. The standard InChI is InChI=1S/C21H28N4O11/c1-9(26)17(20(34)24-14(21(35)36)8-16(30)31)25-19(33)13(6-10-2-4-11(27)5-3-10)23-18(32)12(22)7-15(28)29/h2-5,9,12-14,17,26-27H,6-8,22H2,1H3,(H,23,32)(H,24,34)(H,25,33)(H,28,29)(H,30,31)(H,35,36). The first-order valence-electron chi connectivity index (χ1n) is 10.5. The number of benzene rings is 1. The summed E-state index contributed by atoms with van der Waals surface area (Å²) >= 11 is 0. The van der Waals surface area contributed by atoms with Crippen molar-refractivity contribution in [2.75, 3.05) is 0 Å². The molecule has 5 unspecified atom stereocenters. The first-order chi connectivity index (χ1) is 16.7. The predicted molar refractivity (Wildman–Crippen MR) is 119 cm³/mol. The smallest absolute Gasteiger partial charge is 0.326 e. The highest BCUT2D eigenvalue weighted by Crippen LogP contribution is 2.12. The van der Waals surface area contributed by atoms with E-state index in [-0.39, 0.29) is 12.2 Å². The van der Waals surface area contributed by atoms with Crippen LogP contribution in [0.15, 0.2) is 24.3 Å². The van der Waals surface area contributed by atoms with E-state index in [1.165, 1.54) is 24.3 Å². The van der Waals surface area contributed by atoms with Crippen LogP contribution in [0.3, 0.4) is 0 Å². The molecule has 0 heterocycles. The molecule has 0 saturated carbocycles. The van der Waals surface area contributed by atoms with Gasteiger partial charge in [0.15, 0.2) is 0 Å². The molecule has 0 fully saturated rings. The summed E-state index contributed by atoms with van der Waals surface area (Å²) in [6, 6.07) is -1.07. The third-order valence-corrected chi connectivity index (χ3v) is 4.80. The molecule has 0 aromatic heterocycles. The molecular formula is C21H28N4O11. The lowest BCUT2D eigenvalue weighted by atomic mass is 10.0. The van der Waals surface area contributed by atoms with Gasteiger partial charge < -0.3 is 47.2 Å². The Hall–Kier alpha value is -4.24. The van der Waals surface area contributed by atoms with Gasteiger partial charge in [0, 0.05) is 6.42 Å². The van der Waals surface area contributed by atoms with E-state index in [4.69, 9.17) is 21.1 Å². The van der Waals surface area contributed by atoms with Crippen LogP contribution in [-0.4, -0.2) is 91.4 Å². The molecule has 1 aromatic carbocycles. The highest BCUT2D eigenvalue weighted by Gasteiger charge is 2.33. The van der Waals surface area contributed by atoms with E-state index in [2.05, 4.69) is 10.6 Å². The number of carboxylic acid groups (broad SMARTS) is 3. The van der Waals surface area contributed by atoms with Crippen LogP contribution in [0.25, 0.3) is 0 Å². The Morgan fingerprint density at radius 3 is 1.81 bits per heavy atom. The largest absolute Gasteiger partial charge is 0.508 e. The summed E-state index contributed by atoms with van der Waals surface area (Å²) in [5.41, 5.74) is 5.97. The topological polar surface area (TPSA) is 266 Å². The summed E-state index contributed by atoms with van der Waals surface area (Å²) in [6.07, 6.45) is -3.49. The molecule has 10 N–H and O–H groups in total. The van der Waals surface area contributed by atoms with Gasteiger partial charge in [-0.25, -0.2) is 4.79 Å². The quantitative estimate of drug-likeness (QED) is 0.122. The molecule has 0 aliphatic heterocycles. The summed E-state index contributed by atoms with van der Waals surface area (Å²) in [7, 11) is 0. The number of phenols is 1. The van der Waals surface area contributed by atoms with Gasteiger partial charge in [-0.05, 0) is 24.6 Å². The zero-order valence-corrected chi connectivity index (χ0v) is 19.1. The molecule has 5 atom stereocenters. The Balaban J connectivity index is 3.12. The molecule has 15 heteroatoms. The van der Waals surface area contributed by atoms with Gasteiger partial charge in [0.05, 0.1) is 25.0 Å². The van der Waals surface area contributed by atoms with E-state index in [1.54, 1.807) is 0 Å². The van der Waals surface area contributed by atoms with Gasteiger partial charge in [-0.15, -0.1) is 0 Å². The van der Waals surface area contributed by atoms with Crippen LogP contribution in [0.1, 0.15) is 25.3 Å². The molecule has 0 aliphatic rings. The number of hydrogen-bond acceptors (Lipinski definition) is 9. The van der Waals surface area contributed by atoms with Crippen LogP contribution in [0.5, 0.6) is 5.75 Å². The van der Waals surface area contributed by atoms with Crippen LogP contribution in [0.4, 0.5) is 0 Å².